The van der Waals surface area contributed by atoms with Crippen molar-refractivity contribution in [2.45, 2.75) is 26.1 Å². The zero-order valence-corrected chi connectivity index (χ0v) is 8.61. The molecule has 1 aliphatic carbocycles. The fourth-order valence-corrected chi connectivity index (χ4v) is 2.49. The minimum absolute atomic E-state index is 0.0645. The van der Waals surface area contributed by atoms with E-state index in [1.165, 1.54) is 12.0 Å². The van der Waals surface area contributed by atoms with E-state index >= 15 is 0 Å². The second kappa shape index (κ2) is 4.43. The zero-order chi connectivity index (χ0) is 9.97. The summed E-state index contributed by atoms with van der Waals surface area (Å²) in [6.45, 7) is 3.78. The SMILES string of the molecule is CC1CC/C(=C\CO)C1C1OCCO1. The quantitative estimate of drug-likeness (QED) is 0.680. The number of aliphatic hydroxyl groups is 1. The highest BCUT2D eigenvalue weighted by molar-refractivity contribution is 5.14. The Morgan fingerprint density at radius 3 is 2.79 bits per heavy atom. The van der Waals surface area contributed by atoms with E-state index in [1.54, 1.807) is 0 Å². The molecule has 1 saturated carbocycles. The van der Waals surface area contributed by atoms with Crippen LogP contribution in [0.4, 0.5) is 0 Å². The first-order valence-electron chi connectivity index (χ1n) is 5.36. The maximum atomic E-state index is 8.92. The fraction of sp³-hybridized carbons (Fsp3) is 0.818. The van der Waals surface area contributed by atoms with Crippen molar-refractivity contribution in [3.8, 4) is 0 Å². The molecule has 2 atom stereocenters. The Morgan fingerprint density at radius 2 is 2.14 bits per heavy atom. The van der Waals surface area contributed by atoms with Gasteiger partial charge in [-0.25, -0.2) is 0 Å². The van der Waals surface area contributed by atoms with Crippen LogP contribution >= 0.6 is 0 Å². The Kier molecular flexibility index (Phi) is 3.21. The molecule has 3 heteroatoms. The van der Waals surface area contributed by atoms with E-state index in [0.29, 0.717) is 25.0 Å². The highest BCUT2D eigenvalue weighted by Gasteiger charge is 2.37. The van der Waals surface area contributed by atoms with Crippen molar-refractivity contribution < 1.29 is 14.6 Å². The normalized spacial score (nSPS) is 37.1. The van der Waals surface area contributed by atoms with E-state index in [9.17, 15) is 0 Å². The molecule has 1 aliphatic heterocycles. The molecule has 3 nitrogen and oxygen atoms in total. The molecule has 0 aromatic rings. The Morgan fingerprint density at radius 1 is 1.43 bits per heavy atom. The van der Waals surface area contributed by atoms with Crippen LogP contribution in [-0.2, 0) is 9.47 Å². The third-order valence-electron chi connectivity index (χ3n) is 3.22. The molecule has 2 fully saturated rings. The minimum atomic E-state index is -0.0645. The van der Waals surface area contributed by atoms with Gasteiger partial charge in [-0.15, -0.1) is 0 Å². The van der Waals surface area contributed by atoms with Crippen LogP contribution in [0.15, 0.2) is 11.6 Å². The van der Waals surface area contributed by atoms with Crippen molar-refractivity contribution in [1.29, 1.82) is 0 Å². The predicted molar refractivity (Wildman–Crippen MR) is 52.7 cm³/mol. The predicted octanol–water partition coefficient (Wildman–Crippen LogP) is 1.32. The molecule has 0 aromatic heterocycles. The Hall–Kier alpha value is -0.380. The fourth-order valence-electron chi connectivity index (χ4n) is 2.49. The van der Waals surface area contributed by atoms with Gasteiger partial charge in [0.15, 0.2) is 6.29 Å². The molecular formula is C11H18O3. The summed E-state index contributed by atoms with van der Waals surface area (Å²) in [5.74, 6) is 0.973. The molecule has 0 spiro atoms. The summed E-state index contributed by atoms with van der Waals surface area (Å²) in [5.41, 5.74) is 1.31. The van der Waals surface area contributed by atoms with Gasteiger partial charge in [-0.05, 0) is 18.8 Å². The van der Waals surface area contributed by atoms with Gasteiger partial charge >= 0.3 is 0 Å². The van der Waals surface area contributed by atoms with E-state index in [1.807, 2.05) is 6.08 Å². The smallest absolute Gasteiger partial charge is 0.164 e. The standard InChI is InChI=1S/C11H18O3/c1-8-2-3-9(4-5-12)10(8)11-13-6-7-14-11/h4,8,10-12H,2-3,5-7H2,1H3/b9-4+. The van der Waals surface area contributed by atoms with Crippen LogP contribution in [0.25, 0.3) is 0 Å². The number of rotatable bonds is 2. The summed E-state index contributed by atoms with van der Waals surface area (Å²) < 4.78 is 11.1. The molecule has 0 bridgehead atoms. The summed E-state index contributed by atoms with van der Waals surface area (Å²) in [5, 5.41) is 8.92. The molecule has 2 aliphatic rings. The molecule has 80 valence electrons. The molecular weight excluding hydrogens is 180 g/mol. The second-order valence-corrected chi connectivity index (χ2v) is 4.11. The van der Waals surface area contributed by atoms with Crippen LogP contribution in [0.1, 0.15) is 19.8 Å². The second-order valence-electron chi connectivity index (χ2n) is 4.11. The van der Waals surface area contributed by atoms with Crippen LogP contribution < -0.4 is 0 Å². The molecule has 14 heavy (non-hydrogen) atoms. The Balaban J connectivity index is 2.08. The summed E-state index contributed by atoms with van der Waals surface area (Å²) in [7, 11) is 0. The average molecular weight is 198 g/mol. The van der Waals surface area contributed by atoms with Gasteiger partial charge in [0.2, 0.25) is 0 Å². The van der Waals surface area contributed by atoms with Crippen molar-refractivity contribution in [2.75, 3.05) is 19.8 Å². The van der Waals surface area contributed by atoms with E-state index < -0.39 is 0 Å². The minimum Gasteiger partial charge on any atom is -0.392 e. The van der Waals surface area contributed by atoms with Gasteiger partial charge in [-0.2, -0.15) is 0 Å². The van der Waals surface area contributed by atoms with E-state index in [0.717, 1.165) is 6.42 Å². The van der Waals surface area contributed by atoms with Gasteiger partial charge in [0.25, 0.3) is 0 Å². The Bertz CT molecular complexity index is 219. The summed E-state index contributed by atoms with van der Waals surface area (Å²) in [6.07, 6.45) is 4.11. The van der Waals surface area contributed by atoms with Crippen LogP contribution in [-0.4, -0.2) is 31.2 Å². The maximum Gasteiger partial charge on any atom is 0.164 e. The molecule has 1 N–H and O–H groups in total. The van der Waals surface area contributed by atoms with Gasteiger partial charge in [0, 0.05) is 5.92 Å². The van der Waals surface area contributed by atoms with Crippen molar-refractivity contribution in [3.63, 3.8) is 0 Å². The summed E-state index contributed by atoms with van der Waals surface area (Å²) in [6, 6.07) is 0. The number of ether oxygens (including phenoxy) is 2. The third-order valence-corrected chi connectivity index (χ3v) is 3.22. The van der Waals surface area contributed by atoms with E-state index in [4.69, 9.17) is 14.6 Å². The highest BCUT2D eigenvalue weighted by Crippen LogP contribution is 2.40. The summed E-state index contributed by atoms with van der Waals surface area (Å²) >= 11 is 0. The number of aliphatic hydroxyl groups excluding tert-OH is 1. The van der Waals surface area contributed by atoms with Crippen LogP contribution in [0.5, 0.6) is 0 Å². The average Bonchev–Trinajstić information content (AvgIpc) is 2.76. The first-order chi connectivity index (χ1) is 6.83. The van der Waals surface area contributed by atoms with E-state index in [-0.39, 0.29) is 12.9 Å². The van der Waals surface area contributed by atoms with Crippen molar-refractivity contribution >= 4 is 0 Å². The van der Waals surface area contributed by atoms with Gasteiger partial charge in [-0.3, -0.25) is 0 Å². The highest BCUT2D eigenvalue weighted by atomic mass is 16.7. The maximum absolute atomic E-state index is 8.92. The molecule has 0 amide bonds. The lowest BCUT2D eigenvalue weighted by Crippen LogP contribution is -2.25. The lowest BCUT2D eigenvalue weighted by atomic mass is 9.94. The van der Waals surface area contributed by atoms with Gasteiger partial charge in [-0.1, -0.05) is 18.6 Å². The molecule has 0 radical (unpaired) electrons. The van der Waals surface area contributed by atoms with Crippen LogP contribution in [0, 0.1) is 11.8 Å². The van der Waals surface area contributed by atoms with Crippen LogP contribution in [0.2, 0.25) is 0 Å². The van der Waals surface area contributed by atoms with Gasteiger partial charge in [0.05, 0.1) is 19.8 Å². The lowest BCUT2D eigenvalue weighted by molar-refractivity contribution is -0.0812. The van der Waals surface area contributed by atoms with Crippen molar-refractivity contribution in [1.82, 2.24) is 0 Å². The summed E-state index contributed by atoms with van der Waals surface area (Å²) in [4.78, 5) is 0. The van der Waals surface area contributed by atoms with E-state index in [2.05, 4.69) is 6.92 Å². The molecule has 2 rings (SSSR count). The molecule has 1 heterocycles. The first kappa shape index (κ1) is 10.1. The lowest BCUT2D eigenvalue weighted by Gasteiger charge is -2.22. The van der Waals surface area contributed by atoms with Gasteiger partial charge in [0.1, 0.15) is 0 Å². The number of hydrogen-bond donors (Lipinski definition) is 1. The topological polar surface area (TPSA) is 38.7 Å². The molecule has 0 aromatic carbocycles. The molecule has 2 unspecified atom stereocenters. The van der Waals surface area contributed by atoms with Crippen molar-refractivity contribution in [3.05, 3.63) is 11.6 Å². The Labute approximate surface area is 84.7 Å². The largest absolute Gasteiger partial charge is 0.392 e. The first-order valence-corrected chi connectivity index (χ1v) is 5.36. The van der Waals surface area contributed by atoms with Crippen molar-refractivity contribution in [2.24, 2.45) is 11.8 Å². The van der Waals surface area contributed by atoms with Gasteiger partial charge < -0.3 is 14.6 Å². The number of hydrogen-bond acceptors (Lipinski definition) is 3. The zero-order valence-electron chi connectivity index (χ0n) is 8.61. The molecule has 1 saturated heterocycles. The monoisotopic (exact) mass is 198 g/mol. The third kappa shape index (κ3) is 1.85. The van der Waals surface area contributed by atoms with Crippen LogP contribution in [0.3, 0.4) is 0 Å².